The molecule has 1 aromatic heterocycles. The fourth-order valence-corrected chi connectivity index (χ4v) is 4.32. The van der Waals surface area contributed by atoms with E-state index in [0.717, 1.165) is 59.8 Å². The van der Waals surface area contributed by atoms with Gasteiger partial charge in [0.25, 0.3) is 0 Å². The van der Waals surface area contributed by atoms with Crippen LogP contribution < -0.4 is 10.6 Å². The van der Waals surface area contributed by atoms with Crippen LogP contribution in [0.25, 0.3) is 11.4 Å². The van der Waals surface area contributed by atoms with Gasteiger partial charge in [0.05, 0.1) is 22.8 Å². The molecule has 30 heavy (non-hydrogen) atoms. The molecule has 0 bridgehead atoms. The molecule has 1 heterocycles. The number of nitrogens with one attached hydrogen (secondary N) is 2. The first-order valence-corrected chi connectivity index (χ1v) is 10.8. The molecule has 2 aromatic carbocycles. The molecule has 0 aliphatic heterocycles. The van der Waals surface area contributed by atoms with Crippen molar-refractivity contribution in [3.63, 3.8) is 0 Å². The van der Waals surface area contributed by atoms with Crippen molar-refractivity contribution in [1.29, 1.82) is 0 Å². The van der Waals surface area contributed by atoms with Crippen LogP contribution in [0.4, 0.5) is 11.4 Å². The van der Waals surface area contributed by atoms with Crippen LogP contribution in [0.3, 0.4) is 0 Å². The van der Waals surface area contributed by atoms with Crippen LogP contribution in [-0.4, -0.2) is 4.98 Å². The predicted octanol–water partition coefficient (Wildman–Crippen LogP) is 6.50. The Morgan fingerprint density at radius 1 is 0.667 bits per heavy atom. The second kappa shape index (κ2) is 7.83. The van der Waals surface area contributed by atoms with Crippen molar-refractivity contribution in [3.8, 4) is 0 Å². The summed E-state index contributed by atoms with van der Waals surface area (Å²) in [6.07, 6.45) is 8.78. The molecule has 2 N–H and O–H groups in total. The second-order valence-electron chi connectivity index (χ2n) is 8.20. The topological polar surface area (TPSA) is 37.0 Å². The molecular formula is C27H27N3. The van der Waals surface area contributed by atoms with E-state index in [-0.39, 0.29) is 0 Å². The molecule has 0 atom stereocenters. The van der Waals surface area contributed by atoms with Crippen LogP contribution >= 0.6 is 0 Å². The summed E-state index contributed by atoms with van der Waals surface area (Å²) in [6.45, 7) is 4.28. The molecule has 5 rings (SSSR count). The van der Waals surface area contributed by atoms with Gasteiger partial charge >= 0.3 is 0 Å². The van der Waals surface area contributed by atoms with Crippen molar-refractivity contribution < 1.29 is 0 Å². The van der Waals surface area contributed by atoms with Crippen LogP contribution in [0.5, 0.6) is 0 Å². The Labute approximate surface area is 178 Å². The summed E-state index contributed by atoms with van der Waals surface area (Å²) < 4.78 is 0. The first kappa shape index (κ1) is 18.7. The maximum absolute atomic E-state index is 5.21. The largest absolute Gasteiger partial charge is 0.354 e. The van der Waals surface area contributed by atoms with E-state index < -0.39 is 0 Å². The van der Waals surface area contributed by atoms with Gasteiger partial charge in [-0.1, -0.05) is 54.6 Å². The lowest BCUT2D eigenvalue weighted by Crippen LogP contribution is -2.16. The Bertz CT molecular complexity index is 1080. The molecule has 3 aromatic rings. The van der Waals surface area contributed by atoms with E-state index >= 15 is 0 Å². The van der Waals surface area contributed by atoms with Crippen molar-refractivity contribution in [1.82, 2.24) is 4.98 Å². The molecule has 0 unspecified atom stereocenters. The number of para-hydroxylation sites is 2. The third-order valence-electron chi connectivity index (χ3n) is 6.04. The average Bonchev–Trinajstić information content (AvgIpc) is 2.76. The monoisotopic (exact) mass is 393 g/mol. The van der Waals surface area contributed by atoms with Gasteiger partial charge < -0.3 is 10.6 Å². The highest BCUT2D eigenvalue weighted by Crippen LogP contribution is 2.34. The Kier molecular flexibility index (Phi) is 4.88. The fraction of sp³-hybridized carbons (Fsp3) is 0.222. The standard InChI is InChI=1S/C27H27N3/c1-18-9-3-5-13-22(18)28-24-15-7-11-20-17-21-12-8-16-25(27(21)30-26(20)24)29-23-14-6-4-10-19(23)2/h3-6,9-10,13-17,28-29H,7-8,11-12H2,1-2H3. The first-order valence-electron chi connectivity index (χ1n) is 10.8. The summed E-state index contributed by atoms with van der Waals surface area (Å²) in [5, 5.41) is 7.29. The molecule has 0 fully saturated rings. The van der Waals surface area contributed by atoms with E-state index in [1.54, 1.807) is 0 Å². The molecule has 0 spiro atoms. The number of rotatable bonds is 4. The molecule has 0 amide bonds. The number of fused-ring (bicyclic) bond motifs is 2. The van der Waals surface area contributed by atoms with Crippen molar-refractivity contribution >= 4 is 22.8 Å². The quantitative estimate of drug-likeness (QED) is 0.531. The van der Waals surface area contributed by atoms with Gasteiger partial charge in [0.2, 0.25) is 0 Å². The van der Waals surface area contributed by atoms with E-state index in [1.165, 1.54) is 22.3 Å². The van der Waals surface area contributed by atoms with Gasteiger partial charge in [-0.25, -0.2) is 4.98 Å². The highest BCUT2D eigenvalue weighted by Gasteiger charge is 2.22. The molecule has 0 saturated carbocycles. The van der Waals surface area contributed by atoms with E-state index in [2.05, 4.69) is 91.2 Å². The van der Waals surface area contributed by atoms with Crippen LogP contribution in [0, 0.1) is 13.8 Å². The first-order chi connectivity index (χ1) is 14.7. The number of benzene rings is 2. The Morgan fingerprint density at radius 3 is 1.60 bits per heavy atom. The number of hydrogen-bond acceptors (Lipinski definition) is 3. The molecule has 2 aliphatic rings. The zero-order valence-electron chi connectivity index (χ0n) is 17.6. The van der Waals surface area contributed by atoms with Gasteiger partial charge in [0, 0.05) is 11.4 Å². The van der Waals surface area contributed by atoms with Gasteiger partial charge in [-0.05, 0) is 73.9 Å². The highest BCUT2D eigenvalue weighted by molar-refractivity contribution is 5.83. The third-order valence-corrected chi connectivity index (χ3v) is 6.04. The molecule has 2 aliphatic carbocycles. The van der Waals surface area contributed by atoms with Crippen molar-refractivity contribution in [3.05, 3.63) is 100 Å². The lowest BCUT2D eigenvalue weighted by Gasteiger charge is -2.25. The van der Waals surface area contributed by atoms with E-state index in [1.807, 2.05) is 0 Å². The number of anilines is 2. The third kappa shape index (κ3) is 3.52. The zero-order chi connectivity index (χ0) is 20.5. The fourth-order valence-electron chi connectivity index (χ4n) is 4.32. The minimum absolute atomic E-state index is 1.05. The van der Waals surface area contributed by atoms with Crippen LogP contribution in [0.15, 0.2) is 66.7 Å². The second-order valence-corrected chi connectivity index (χ2v) is 8.20. The number of allylic oxidation sites excluding steroid dienone is 2. The van der Waals surface area contributed by atoms with Gasteiger partial charge in [-0.15, -0.1) is 0 Å². The molecular weight excluding hydrogens is 366 g/mol. The molecule has 3 nitrogen and oxygen atoms in total. The van der Waals surface area contributed by atoms with Gasteiger partial charge in [-0.3, -0.25) is 0 Å². The Morgan fingerprint density at radius 2 is 1.13 bits per heavy atom. The zero-order valence-corrected chi connectivity index (χ0v) is 17.6. The molecule has 3 heteroatoms. The summed E-state index contributed by atoms with van der Waals surface area (Å²) in [5.74, 6) is 0. The SMILES string of the molecule is Cc1ccccc1NC1=CCCc2cc3c(nc21)C(Nc1ccccc1C)=CCC3. The molecule has 150 valence electrons. The van der Waals surface area contributed by atoms with Gasteiger partial charge in [0.1, 0.15) is 0 Å². The van der Waals surface area contributed by atoms with Crippen LogP contribution in [0.2, 0.25) is 0 Å². The average molecular weight is 394 g/mol. The number of aromatic nitrogens is 1. The summed E-state index contributed by atoms with van der Waals surface area (Å²) in [6, 6.07) is 19.2. The van der Waals surface area contributed by atoms with Crippen molar-refractivity contribution in [2.75, 3.05) is 10.6 Å². The highest BCUT2D eigenvalue weighted by atomic mass is 15.0. The Hall–Kier alpha value is -3.33. The van der Waals surface area contributed by atoms with Gasteiger partial charge in [-0.2, -0.15) is 0 Å². The van der Waals surface area contributed by atoms with E-state index in [4.69, 9.17) is 4.98 Å². The van der Waals surface area contributed by atoms with E-state index in [0.29, 0.717) is 0 Å². The number of nitrogens with zero attached hydrogens (tertiary/aromatic N) is 1. The number of pyridine rings is 1. The minimum atomic E-state index is 1.05. The predicted molar refractivity (Wildman–Crippen MR) is 126 cm³/mol. The van der Waals surface area contributed by atoms with Crippen molar-refractivity contribution in [2.45, 2.75) is 39.5 Å². The maximum atomic E-state index is 5.21. The van der Waals surface area contributed by atoms with E-state index in [9.17, 15) is 0 Å². The smallest absolute Gasteiger partial charge is 0.0901 e. The summed E-state index contributed by atoms with van der Waals surface area (Å²) in [5.41, 5.74) is 11.9. The minimum Gasteiger partial charge on any atom is -0.354 e. The summed E-state index contributed by atoms with van der Waals surface area (Å²) in [7, 11) is 0. The molecule has 0 radical (unpaired) electrons. The lowest BCUT2D eigenvalue weighted by molar-refractivity contribution is 0.901. The normalized spacial score (nSPS) is 14.9. The summed E-state index contributed by atoms with van der Waals surface area (Å²) in [4.78, 5) is 5.21. The van der Waals surface area contributed by atoms with Crippen LogP contribution in [0.1, 0.15) is 46.5 Å². The number of aryl methyl sites for hydroxylation is 4. The Balaban J connectivity index is 1.51. The lowest BCUT2D eigenvalue weighted by atomic mass is 9.92. The molecule has 0 saturated heterocycles. The van der Waals surface area contributed by atoms with Gasteiger partial charge in [0.15, 0.2) is 0 Å². The van der Waals surface area contributed by atoms with Crippen LogP contribution in [-0.2, 0) is 12.8 Å². The summed E-state index contributed by atoms with van der Waals surface area (Å²) >= 11 is 0. The van der Waals surface area contributed by atoms with Crippen molar-refractivity contribution in [2.24, 2.45) is 0 Å². The number of hydrogen-bond donors (Lipinski definition) is 2. The maximum Gasteiger partial charge on any atom is 0.0901 e.